The lowest BCUT2D eigenvalue weighted by Gasteiger charge is -2.38. The maximum absolute atomic E-state index is 8.78. The molecule has 0 atom stereocenters. The number of hydrogen-bond donors (Lipinski definition) is 1. The summed E-state index contributed by atoms with van der Waals surface area (Å²) in [7, 11) is 0. The average Bonchev–Trinajstić information content (AvgIpc) is 3.16. The van der Waals surface area contributed by atoms with Crippen LogP contribution < -0.4 is 10.1 Å². The first-order valence-corrected chi connectivity index (χ1v) is 9.26. The van der Waals surface area contributed by atoms with Gasteiger partial charge in [0.05, 0.1) is 24.3 Å². The molecule has 4 rings (SSSR count). The van der Waals surface area contributed by atoms with Crippen molar-refractivity contribution in [3.63, 3.8) is 0 Å². The Morgan fingerprint density at radius 2 is 2.11 bits per heavy atom. The molecule has 0 amide bonds. The van der Waals surface area contributed by atoms with E-state index in [1.807, 2.05) is 41.1 Å². The van der Waals surface area contributed by atoms with Gasteiger partial charge in [0.2, 0.25) is 0 Å². The Balaban J connectivity index is 1.40. The van der Waals surface area contributed by atoms with E-state index in [4.69, 9.17) is 10.00 Å². The van der Waals surface area contributed by atoms with Crippen LogP contribution in [0, 0.1) is 11.3 Å². The maximum Gasteiger partial charge on any atom is 0.158 e. The Hall–Kier alpha value is -3.44. The molecule has 1 fully saturated rings. The Morgan fingerprint density at radius 3 is 2.86 bits per heavy atom. The van der Waals surface area contributed by atoms with Crippen LogP contribution in [0.1, 0.15) is 19.0 Å². The van der Waals surface area contributed by atoms with Crippen molar-refractivity contribution in [3.05, 3.63) is 54.9 Å². The third-order valence-corrected chi connectivity index (χ3v) is 4.49. The lowest BCUT2D eigenvalue weighted by molar-refractivity contribution is 0.0203. The number of aromatic nitrogens is 4. The average molecular weight is 375 g/mol. The van der Waals surface area contributed by atoms with Gasteiger partial charge in [-0.05, 0) is 25.1 Å². The zero-order valence-electron chi connectivity index (χ0n) is 15.6. The first-order chi connectivity index (χ1) is 13.7. The van der Waals surface area contributed by atoms with E-state index in [9.17, 15) is 0 Å². The molecule has 8 nitrogen and oxygen atoms in total. The monoisotopic (exact) mass is 375 g/mol. The Bertz CT molecular complexity index is 971. The zero-order valence-corrected chi connectivity index (χ0v) is 15.6. The highest BCUT2D eigenvalue weighted by atomic mass is 16.5. The predicted molar refractivity (Wildman–Crippen MR) is 105 cm³/mol. The SMILES string of the molecule is CCCN1CC(Oc2cccc(-n3cnc(Nc4cnc(C#N)cn4)c3)c2)C1. The molecule has 0 bridgehead atoms. The van der Waals surface area contributed by atoms with Gasteiger partial charge in [-0.3, -0.25) is 4.90 Å². The van der Waals surface area contributed by atoms with Crippen LogP contribution in [0.5, 0.6) is 5.75 Å². The molecule has 1 aromatic carbocycles. The lowest BCUT2D eigenvalue weighted by atomic mass is 10.1. The number of ether oxygens (including phenoxy) is 1. The Labute approximate surface area is 163 Å². The van der Waals surface area contributed by atoms with Gasteiger partial charge in [0.1, 0.15) is 35.9 Å². The second kappa shape index (κ2) is 8.06. The van der Waals surface area contributed by atoms with Gasteiger partial charge in [0.15, 0.2) is 5.69 Å². The number of nitrogens with one attached hydrogen (secondary N) is 1. The number of anilines is 2. The highest BCUT2D eigenvalue weighted by molar-refractivity contribution is 5.51. The zero-order chi connectivity index (χ0) is 19.3. The molecule has 0 unspecified atom stereocenters. The summed E-state index contributed by atoms with van der Waals surface area (Å²) >= 11 is 0. The third-order valence-electron chi connectivity index (χ3n) is 4.49. The van der Waals surface area contributed by atoms with Crippen molar-refractivity contribution in [1.29, 1.82) is 5.26 Å². The van der Waals surface area contributed by atoms with E-state index in [-0.39, 0.29) is 11.8 Å². The van der Waals surface area contributed by atoms with Gasteiger partial charge in [-0.25, -0.2) is 15.0 Å². The van der Waals surface area contributed by atoms with Crippen LogP contribution in [0.3, 0.4) is 0 Å². The summed E-state index contributed by atoms with van der Waals surface area (Å²) in [6, 6.07) is 9.92. The van der Waals surface area contributed by atoms with E-state index in [2.05, 4.69) is 32.1 Å². The molecule has 0 spiro atoms. The fraction of sp³-hybridized carbons (Fsp3) is 0.300. The summed E-state index contributed by atoms with van der Waals surface area (Å²) in [6.07, 6.45) is 7.95. The number of benzene rings is 1. The van der Waals surface area contributed by atoms with Gasteiger partial charge in [-0.2, -0.15) is 5.26 Å². The van der Waals surface area contributed by atoms with Crippen molar-refractivity contribution in [2.45, 2.75) is 19.4 Å². The topological polar surface area (TPSA) is 91.9 Å². The smallest absolute Gasteiger partial charge is 0.158 e. The Kier molecular flexibility index (Phi) is 5.17. The fourth-order valence-electron chi connectivity index (χ4n) is 3.12. The quantitative estimate of drug-likeness (QED) is 0.679. The molecule has 1 N–H and O–H groups in total. The summed E-state index contributed by atoms with van der Waals surface area (Å²) in [5, 5.41) is 11.9. The minimum Gasteiger partial charge on any atom is -0.488 e. The second-order valence-corrected chi connectivity index (χ2v) is 6.69. The molecule has 0 saturated carbocycles. The summed E-state index contributed by atoms with van der Waals surface area (Å²) in [5.74, 6) is 2.03. The van der Waals surface area contributed by atoms with Gasteiger partial charge in [-0.15, -0.1) is 0 Å². The molecule has 28 heavy (non-hydrogen) atoms. The standard InChI is InChI=1S/C20H21N7O/c1-2-6-26-11-18(12-26)28-17-5-3-4-16(7-17)27-13-20(24-14-27)25-19-10-22-15(8-21)9-23-19/h3-5,7,9-10,13-14,18H,2,6,11-12H2,1H3,(H,23,25). The van der Waals surface area contributed by atoms with Crippen LogP contribution in [0.25, 0.3) is 5.69 Å². The van der Waals surface area contributed by atoms with Gasteiger partial charge in [0.25, 0.3) is 0 Å². The van der Waals surface area contributed by atoms with E-state index in [1.165, 1.54) is 18.8 Å². The van der Waals surface area contributed by atoms with Gasteiger partial charge in [0, 0.05) is 19.2 Å². The number of hydrogen-bond acceptors (Lipinski definition) is 7. The number of rotatable bonds is 7. The molecule has 3 heterocycles. The van der Waals surface area contributed by atoms with Crippen molar-refractivity contribution < 1.29 is 4.74 Å². The number of nitrogens with zero attached hydrogens (tertiary/aromatic N) is 6. The number of nitriles is 1. The van der Waals surface area contributed by atoms with Crippen LogP contribution in [0.4, 0.5) is 11.6 Å². The molecule has 142 valence electrons. The predicted octanol–water partition coefficient (Wildman–Crippen LogP) is 2.75. The summed E-state index contributed by atoms with van der Waals surface area (Å²) in [4.78, 5) is 14.9. The van der Waals surface area contributed by atoms with Crippen molar-refractivity contribution >= 4 is 11.6 Å². The summed E-state index contributed by atoms with van der Waals surface area (Å²) in [5.41, 5.74) is 1.24. The van der Waals surface area contributed by atoms with Gasteiger partial charge in [-0.1, -0.05) is 13.0 Å². The molecular weight excluding hydrogens is 354 g/mol. The maximum atomic E-state index is 8.78. The largest absolute Gasteiger partial charge is 0.488 e. The first kappa shape index (κ1) is 17.9. The summed E-state index contributed by atoms with van der Waals surface area (Å²) in [6.45, 7) is 5.31. The van der Waals surface area contributed by atoms with Crippen molar-refractivity contribution in [2.75, 3.05) is 25.0 Å². The van der Waals surface area contributed by atoms with Crippen molar-refractivity contribution in [1.82, 2.24) is 24.4 Å². The van der Waals surface area contributed by atoms with Crippen LogP contribution in [-0.4, -0.2) is 50.2 Å². The van der Waals surface area contributed by atoms with Crippen LogP contribution in [0.2, 0.25) is 0 Å². The third kappa shape index (κ3) is 4.10. The van der Waals surface area contributed by atoms with E-state index in [0.29, 0.717) is 11.6 Å². The summed E-state index contributed by atoms with van der Waals surface area (Å²) < 4.78 is 7.99. The highest BCUT2D eigenvalue weighted by Crippen LogP contribution is 2.22. The number of likely N-dealkylation sites (tertiary alicyclic amines) is 1. The molecule has 8 heteroatoms. The van der Waals surface area contributed by atoms with E-state index in [0.717, 1.165) is 31.1 Å². The lowest BCUT2D eigenvalue weighted by Crippen LogP contribution is -2.53. The van der Waals surface area contributed by atoms with Crippen LogP contribution in [-0.2, 0) is 0 Å². The van der Waals surface area contributed by atoms with Gasteiger partial charge >= 0.3 is 0 Å². The fourth-order valence-corrected chi connectivity index (χ4v) is 3.12. The van der Waals surface area contributed by atoms with Crippen molar-refractivity contribution in [2.24, 2.45) is 0 Å². The Morgan fingerprint density at radius 1 is 1.21 bits per heavy atom. The van der Waals surface area contributed by atoms with E-state index >= 15 is 0 Å². The van der Waals surface area contributed by atoms with Crippen molar-refractivity contribution in [3.8, 4) is 17.5 Å². The van der Waals surface area contributed by atoms with E-state index in [1.54, 1.807) is 6.33 Å². The molecule has 1 aliphatic heterocycles. The first-order valence-electron chi connectivity index (χ1n) is 9.26. The minimum atomic E-state index is 0.261. The van der Waals surface area contributed by atoms with Gasteiger partial charge < -0.3 is 14.6 Å². The minimum absolute atomic E-state index is 0.261. The van der Waals surface area contributed by atoms with Crippen LogP contribution in [0.15, 0.2) is 49.2 Å². The molecule has 0 aliphatic carbocycles. The number of imidazole rings is 1. The highest BCUT2D eigenvalue weighted by Gasteiger charge is 2.27. The molecule has 1 saturated heterocycles. The van der Waals surface area contributed by atoms with Crippen LogP contribution >= 0.6 is 0 Å². The second-order valence-electron chi connectivity index (χ2n) is 6.69. The molecular formula is C20H21N7O. The molecule has 1 aliphatic rings. The molecule has 0 radical (unpaired) electrons. The molecule has 3 aromatic rings. The molecule has 2 aromatic heterocycles. The van der Waals surface area contributed by atoms with E-state index < -0.39 is 0 Å². The normalized spacial score (nSPS) is 14.3.